The van der Waals surface area contributed by atoms with Crippen molar-refractivity contribution in [2.24, 2.45) is 11.7 Å². The summed E-state index contributed by atoms with van der Waals surface area (Å²) in [6.07, 6.45) is 2.29. The van der Waals surface area contributed by atoms with E-state index in [1.807, 2.05) is 12.1 Å². The van der Waals surface area contributed by atoms with Gasteiger partial charge >= 0.3 is 0 Å². The normalized spacial score (nSPS) is 12.6. The molecule has 3 heteroatoms. The van der Waals surface area contributed by atoms with Crippen LogP contribution in [0.5, 0.6) is 5.75 Å². The molecule has 0 heterocycles. The van der Waals surface area contributed by atoms with E-state index in [9.17, 15) is 0 Å². The van der Waals surface area contributed by atoms with Crippen LogP contribution in [0.15, 0.2) is 18.2 Å². The van der Waals surface area contributed by atoms with Gasteiger partial charge in [-0.3, -0.25) is 0 Å². The second-order valence-electron chi connectivity index (χ2n) is 4.74. The van der Waals surface area contributed by atoms with Crippen molar-refractivity contribution in [1.29, 1.82) is 0 Å². The lowest BCUT2D eigenvalue weighted by atomic mass is 9.93. The minimum Gasteiger partial charge on any atom is -0.497 e. The van der Waals surface area contributed by atoms with E-state index >= 15 is 0 Å². The average molecular weight is 250 g/mol. The predicted octanol–water partition coefficient (Wildman–Crippen LogP) is 3.18. The Kier molecular flexibility index (Phi) is 5.99. The number of benzene rings is 1. The first-order chi connectivity index (χ1) is 8.65. The maximum absolute atomic E-state index is 5.90. The van der Waals surface area contributed by atoms with Crippen LogP contribution in [0.4, 0.5) is 5.69 Å². The molecule has 0 saturated heterocycles. The average Bonchev–Trinajstić information content (AvgIpc) is 2.40. The summed E-state index contributed by atoms with van der Waals surface area (Å²) in [6.45, 7) is 7.19. The molecule has 0 aromatic heterocycles. The molecule has 1 rings (SSSR count). The summed E-state index contributed by atoms with van der Waals surface area (Å²) in [5, 5.41) is 3.57. The molecule has 1 aromatic rings. The number of anilines is 1. The molecule has 0 saturated carbocycles. The first kappa shape index (κ1) is 14.8. The van der Waals surface area contributed by atoms with Gasteiger partial charge in [0, 0.05) is 24.3 Å². The molecule has 0 spiro atoms. The molecule has 102 valence electrons. The maximum Gasteiger partial charge on any atom is 0.120 e. The second kappa shape index (κ2) is 7.27. The van der Waals surface area contributed by atoms with Crippen molar-refractivity contribution >= 4 is 5.69 Å². The lowest BCUT2D eigenvalue weighted by molar-refractivity contribution is 0.412. The molecule has 1 atom stereocenters. The van der Waals surface area contributed by atoms with Gasteiger partial charge in [0.15, 0.2) is 0 Å². The van der Waals surface area contributed by atoms with Crippen molar-refractivity contribution < 1.29 is 4.74 Å². The fourth-order valence-corrected chi connectivity index (χ4v) is 2.31. The molecule has 0 bridgehead atoms. The third-order valence-electron chi connectivity index (χ3n) is 3.66. The Bertz CT molecular complexity index is 362. The summed E-state index contributed by atoms with van der Waals surface area (Å²) in [4.78, 5) is 0. The van der Waals surface area contributed by atoms with E-state index < -0.39 is 0 Å². The zero-order chi connectivity index (χ0) is 13.5. The van der Waals surface area contributed by atoms with Gasteiger partial charge in [-0.2, -0.15) is 0 Å². The molecule has 1 aromatic carbocycles. The molecule has 1 unspecified atom stereocenters. The Morgan fingerprint density at radius 1 is 1.28 bits per heavy atom. The second-order valence-corrected chi connectivity index (χ2v) is 4.74. The van der Waals surface area contributed by atoms with Crippen molar-refractivity contribution in [2.75, 3.05) is 19.0 Å². The highest BCUT2D eigenvalue weighted by Crippen LogP contribution is 2.24. The van der Waals surface area contributed by atoms with Crippen LogP contribution in [0.1, 0.15) is 32.3 Å². The van der Waals surface area contributed by atoms with E-state index in [4.69, 9.17) is 10.5 Å². The molecule has 0 aliphatic carbocycles. The van der Waals surface area contributed by atoms with E-state index in [1.165, 1.54) is 5.56 Å². The van der Waals surface area contributed by atoms with Crippen LogP contribution in [0.2, 0.25) is 0 Å². The van der Waals surface area contributed by atoms with Crippen molar-refractivity contribution in [1.82, 2.24) is 0 Å². The molecule has 0 fully saturated rings. The first-order valence-corrected chi connectivity index (χ1v) is 6.77. The van der Waals surface area contributed by atoms with E-state index in [0.29, 0.717) is 18.5 Å². The quantitative estimate of drug-likeness (QED) is 0.781. The summed E-state index contributed by atoms with van der Waals surface area (Å²) in [7, 11) is 1.69. The number of hydrogen-bond donors (Lipinski definition) is 2. The minimum atomic E-state index is 0.325. The molecule has 18 heavy (non-hydrogen) atoms. The molecule has 0 radical (unpaired) electrons. The molecule has 0 amide bonds. The van der Waals surface area contributed by atoms with Gasteiger partial charge in [-0.15, -0.1) is 0 Å². The minimum absolute atomic E-state index is 0.325. The number of methoxy groups -OCH3 is 1. The zero-order valence-corrected chi connectivity index (χ0v) is 12.0. The SMILES string of the molecule is CCC(CC)C(CN)Nc1cc(OC)ccc1C. The third-order valence-corrected chi connectivity index (χ3v) is 3.66. The molecule has 0 aliphatic heterocycles. The Morgan fingerprint density at radius 2 is 1.94 bits per heavy atom. The van der Waals surface area contributed by atoms with Crippen molar-refractivity contribution in [3.63, 3.8) is 0 Å². The van der Waals surface area contributed by atoms with E-state index in [0.717, 1.165) is 24.3 Å². The summed E-state index contributed by atoms with van der Waals surface area (Å²) >= 11 is 0. The number of rotatable bonds is 7. The standard InChI is InChI=1S/C15H26N2O/c1-5-12(6-2)15(10-16)17-14-9-13(18-4)8-7-11(14)3/h7-9,12,15,17H,5-6,10,16H2,1-4H3. The summed E-state index contributed by atoms with van der Waals surface area (Å²) in [5.41, 5.74) is 8.24. The maximum atomic E-state index is 5.90. The number of nitrogens with one attached hydrogen (secondary N) is 1. The Balaban J connectivity index is 2.86. The zero-order valence-electron chi connectivity index (χ0n) is 12.0. The van der Waals surface area contributed by atoms with E-state index in [-0.39, 0.29) is 0 Å². The lowest BCUT2D eigenvalue weighted by Gasteiger charge is -2.27. The number of aryl methyl sites for hydroxylation is 1. The van der Waals surface area contributed by atoms with Gasteiger partial charge < -0.3 is 15.8 Å². The van der Waals surface area contributed by atoms with Gasteiger partial charge in [0.25, 0.3) is 0 Å². The largest absolute Gasteiger partial charge is 0.497 e. The van der Waals surface area contributed by atoms with Gasteiger partial charge in [0.2, 0.25) is 0 Å². The van der Waals surface area contributed by atoms with Crippen LogP contribution in [0, 0.1) is 12.8 Å². The lowest BCUT2D eigenvalue weighted by Crippen LogP contribution is -2.36. The topological polar surface area (TPSA) is 47.3 Å². The van der Waals surface area contributed by atoms with Crippen LogP contribution in [0.25, 0.3) is 0 Å². The van der Waals surface area contributed by atoms with Crippen LogP contribution in [0.3, 0.4) is 0 Å². The Morgan fingerprint density at radius 3 is 2.44 bits per heavy atom. The fourth-order valence-electron chi connectivity index (χ4n) is 2.31. The number of ether oxygens (including phenoxy) is 1. The van der Waals surface area contributed by atoms with Gasteiger partial charge in [0.05, 0.1) is 7.11 Å². The van der Waals surface area contributed by atoms with Crippen LogP contribution >= 0.6 is 0 Å². The molecular formula is C15H26N2O. The van der Waals surface area contributed by atoms with Crippen LogP contribution in [-0.4, -0.2) is 19.7 Å². The summed E-state index contributed by atoms with van der Waals surface area (Å²) in [5.74, 6) is 1.49. The Hall–Kier alpha value is -1.22. The summed E-state index contributed by atoms with van der Waals surface area (Å²) in [6, 6.07) is 6.42. The fraction of sp³-hybridized carbons (Fsp3) is 0.600. The van der Waals surface area contributed by atoms with Crippen molar-refractivity contribution in [3.8, 4) is 5.75 Å². The monoisotopic (exact) mass is 250 g/mol. The first-order valence-electron chi connectivity index (χ1n) is 6.77. The third kappa shape index (κ3) is 3.64. The highest BCUT2D eigenvalue weighted by atomic mass is 16.5. The predicted molar refractivity (Wildman–Crippen MR) is 78.3 cm³/mol. The molecular weight excluding hydrogens is 224 g/mol. The van der Waals surface area contributed by atoms with Gasteiger partial charge in [-0.1, -0.05) is 32.8 Å². The number of hydrogen-bond acceptors (Lipinski definition) is 3. The highest BCUT2D eigenvalue weighted by molar-refractivity contribution is 5.55. The smallest absolute Gasteiger partial charge is 0.120 e. The van der Waals surface area contributed by atoms with Gasteiger partial charge in [-0.25, -0.2) is 0 Å². The Labute approximate surface area is 111 Å². The summed E-state index contributed by atoms with van der Waals surface area (Å²) < 4.78 is 5.27. The molecule has 3 N–H and O–H groups in total. The molecule has 0 aliphatic rings. The van der Waals surface area contributed by atoms with E-state index in [2.05, 4.69) is 32.2 Å². The number of nitrogens with two attached hydrogens (primary N) is 1. The van der Waals surface area contributed by atoms with E-state index in [1.54, 1.807) is 7.11 Å². The highest BCUT2D eigenvalue weighted by Gasteiger charge is 2.17. The van der Waals surface area contributed by atoms with Crippen LogP contribution < -0.4 is 15.8 Å². The molecule has 3 nitrogen and oxygen atoms in total. The van der Waals surface area contributed by atoms with Gasteiger partial charge in [-0.05, 0) is 24.5 Å². The van der Waals surface area contributed by atoms with Crippen molar-refractivity contribution in [3.05, 3.63) is 23.8 Å². The van der Waals surface area contributed by atoms with Gasteiger partial charge in [0.1, 0.15) is 5.75 Å². The van der Waals surface area contributed by atoms with Crippen LogP contribution in [-0.2, 0) is 0 Å². The van der Waals surface area contributed by atoms with Crippen molar-refractivity contribution in [2.45, 2.75) is 39.7 Å².